The maximum Gasteiger partial charge on any atom is 0.253 e. The zero-order valence-electron chi connectivity index (χ0n) is 11.4. The van der Waals surface area contributed by atoms with Crippen molar-refractivity contribution in [2.45, 2.75) is 13.5 Å². The lowest BCUT2D eigenvalue weighted by Gasteiger charge is -2.08. The van der Waals surface area contributed by atoms with Gasteiger partial charge in [0.05, 0.1) is 29.6 Å². The van der Waals surface area contributed by atoms with Gasteiger partial charge >= 0.3 is 0 Å². The minimum atomic E-state index is -0.343. The first-order valence-electron chi connectivity index (χ1n) is 6.51. The molecule has 2 heterocycles. The van der Waals surface area contributed by atoms with E-state index >= 15 is 0 Å². The molecule has 3 aromatic rings. The Bertz CT molecular complexity index is 797. The van der Waals surface area contributed by atoms with Crippen LogP contribution in [0.3, 0.4) is 0 Å². The van der Waals surface area contributed by atoms with E-state index in [1.165, 1.54) is 12.1 Å². The molecule has 0 aliphatic rings. The molecule has 1 amide bonds. The van der Waals surface area contributed by atoms with Gasteiger partial charge in [0.2, 0.25) is 0 Å². The van der Waals surface area contributed by atoms with Crippen LogP contribution < -0.4 is 5.32 Å². The molecule has 0 saturated heterocycles. The molecule has 0 bridgehead atoms. The third-order valence-electron chi connectivity index (χ3n) is 3.22. The number of nitrogens with zero attached hydrogens (tertiary/aromatic N) is 1. The number of halogens is 1. The SMILES string of the molecule is Cc1nc2cc(F)ccc2cc1C(=O)NCc1ccco1. The van der Waals surface area contributed by atoms with Crippen LogP contribution in [0, 0.1) is 12.7 Å². The second-order valence-corrected chi connectivity index (χ2v) is 4.72. The summed E-state index contributed by atoms with van der Waals surface area (Å²) in [5.74, 6) is 0.101. The summed E-state index contributed by atoms with van der Waals surface area (Å²) in [6.07, 6.45) is 1.55. The van der Waals surface area contributed by atoms with Crippen LogP contribution >= 0.6 is 0 Å². The average Bonchev–Trinajstić information content (AvgIpc) is 2.97. The van der Waals surface area contributed by atoms with Gasteiger partial charge in [-0.25, -0.2) is 4.39 Å². The smallest absolute Gasteiger partial charge is 0.253 e. The zero-order chi connectivity index (χ0) is 14.8. The standard InChI is InChI=1S/C16H13FN2O2/c1-10-14(16(20)18-9-13-3-2-6-21-13)7-11-4-5-12(17)8-15(11)19-10/h2-8H,9H2,1H3,(H,18,20). The molecule has 0 unspecified atom stereocenters. The molecule has 3 rings (SSSR count). The molecule has 0 radical (unpaired) electrons. The Balaban J connectivity index is 1.87. The normalized spacial score (nSPS) is 10.8. The van der Waals surface area contributed by atoms with Gasteiger partial charge in [0.1, 0.15) is 11.6 Å². The summed E-state index contributed by atoms with van der Waals surface area (Å²) in [5.41, 5.74) is 1.57. The lowest BCUT2D eigenvalue weighted by atomic mass is 10.1. The van der Waals surface area contributed by atoms with Crippen LogP contribution in [0.5, 0.6) is 0 Å². The number of hydrogen-bond acceptors (Lipinski definition) is 3. The number of fused-ring (bicyclic) bond motifs is 1. The van der Waals surface area contributed by atoms with Gasteiger partial charge in [-0.05, 0) is 37.3 Å². The van der Waals surface area contributed by atoms with Crippen LogP contribution in [0.15, 0.2) is 47.1 Å². The van der Waals surface area contributed by atoms with Crippen LogP contribution in [0.25, 0.3) is 10.9 Å². The molecule has 5 heteroatoms. The van der Waals surface area contributed by atoms with E-state index in [9.17, 15) is 9.18 Å². The zero-order valence-corrected chi connectivity index (χ0v) is 11.4. The molecule has 0 saturated carbocycles. The minimum Gasteiger partial charge on any atom is -0.467 e. The van der Waals surface area contributed by atoms with E-state index < -0.39 is 0 Å². The molecule has 2 aromatic heterocycles. The number of hydrogen-bond donors (Lipinski definition) is 1. The fourth-order valence-electron chi connectivity index (χ4n) is 2.14. The number of nitrogens with one attached hydrogen (secondary N) is 1. The van der Waals surface area contributed by atoms with Gasteiger partial charge in [-0.3, -0.25) is 9.78 Å². The number of aromatic nitrogens is 1. The molecule has 1 N–H and O–H groups in total. The summed E-state index contributed by atoms with van der Waals surface area (Å²) in [4.78, 5) is 16.5. The second-order valence-electron chi connectivity index (χ2n) is 4.72. The Morgan fingerprint density at radius 1 is 1.33 bits per heavy atom. The molecule has 1 aromatic carbocycles. The Labute approximate surface area is 120 Å². The van der Waals surface area contributed by atoms with E-state index in [-0.39, 0.29) is 11.7 Å². The lowest BCUT2D eigenvalue weighted by Crippen LogP contribution is -2.23. The lowest BCUT2D eigenvalue weighted by molar-refractivity contribution is 0.0947. The number of pyridine rings is 1. The highest BCUT2D eigenvalue weighted by Crippen LogP contribution is 2.17. The highest BCUT2D eigenvalue weighted by atomic mass is 19.1. The monoisotopic (exact) mass is 284 g/mol. The highest BCUT2D eigenvalue weighted by molar-refractivity contribution is 5.98. The van der Waals surface area contributed by atoms with Crippen molar-refractivity contribution >= 4 is 16.8 Å². The Hall–Kier alpha value is -2.69. The first kappa shape index (κ1) is 13.3. The molecule has 0 atom stereocenters. The van der Waals surface area contributed by atoms with Crippen molar-refractivity contribution < 1.29 is 13.6 Å². The summed E-state index contributed by atoms with van der Waals surface area (Å²) in [5, 5.41) is 3.50. The number of rotatable bonds is 3. The van der Waals surface area contributed by atoms with Gasteiger partial charge < -0.3 is 9.73 Å². The molecule has 0 spiro atoms. The van der Waals surface area contributed by atoms with Crippen molar-refractivity contribution in [2.75, 3.05) is 0 Å². The number of aryl methyl sites for hydroxylation is 1. The predicted molar refractivity (Wildman–Crippen MR) is 76.3 cm³/mol. The van der Waals surface area contributed by atoms with E-state index in [4.69, 9.17) is 4.42 Å². The molecule has 4 nitrogen and oxygen atoms in total. The third-order valence-corrected chi connectivity index (χ3v) is 3.22. The first-order chi connectivity index (χ1) is 10.1. The Morgan fingerprint density at radius 3 is 2.95 bits per heavy atom. The highest BCUT2D eigenvalue weighted by Gasteiger charge is 2.12. The van der Waals surface area contributed by atoms with Crippen LogP contribution in [0.4, 0.5) is 4.39 Å². The van der Waals surface area contributed by atoms with Crippen molar-refractivity contribution in [2.24, 2.45) is 0 Å². The third kappa shape index (κ3) is 2.76. The number of amides is 1. The molecule has 106 valence electrons. The van der Waals surface area contributed by atoms with E-state index in [0.29, 0.717) is 29.1 Å². The first-order valence-corrected chi connectivity index (χ1v) is 6.51. The molecular weight excluding hydrogens is 271 g/mol. The molecular formula is C16H13FN2O2. The van der Waals surface area contributed by atoms with E-state index in [1.807, 2.05) is 0 Å². The van der Waals surface area contributed by atoms with Gasteiger partial charge in [-0.15, -0.1) is 0 Å². The summed E-state index contributed by atoms with van der Waals surface area (Å²) in [6, 6.07) is 9.58. The minimum absolute atomic E-state index is 0.234. The Morgan fingerprint density at radius 2 is 2.19 bits per heavy atom. The van der Waals surface area contributed by atoms with E-state index in [2.05, 4.69) is 10.3 Å². The second kappa shape index (κ2) is 5.36. The van der Waals surface area contributed by atoms with Crippen molar-refractivity contribution in [1.29, 1.82) is 0 Å². The van der Waals surface area contributed by atoms with Crippen molar-refractivity contribution in [3.63, 3.8) is 0 Å². The quantitative estimate of drug-likeness (QED) is 0.803. The van der Waals surface area contributed by atoms with Gasteiger partial charge in [0.15, 0.2) is 0 Å². The fourth-order valence-corrected chi connectivity index (χ4v) is 2.14. The maximum absolute atomic E-state index is 13.2. The summed E-state index contributed by atoms with van der Waals surface area (Å²) in [6.45, 7) is 2.04. The number of furan rings is 1. The van der Waals surface area contributed by atoms with Crippen molar-refractivity contribution in [3.8, 4) is 0 Å². The van der Waals surface area contributed by atoms with Crippen molar-refractivity contribution in [1.82, 2.24) is 10.3 Å². The molecule has 0 fully saturated rings. The molecule has 21 heavy (non-hydrogen) atoms. The van der Waals surface area contributed by atoms with Crippen LogP contribution in [-0.4, -0.2) is 10.9 Å². The number of carbonyl (C=O) groups excluding carboxylic acids is 1. The van der Waals surface area contributed by atoms with Gasteiger partial charge in [-0.2, -0.15) is 0 Å². The van der Waals surface area contributed by atoms with Crippen LogP contribution in [0.2, 0.25) is 0 Å². The topological polar surface area (TPSA) is 55.1 Å². The summed E-state index contributed by atoms with van der Waals surface area (Å²) < 4.78 is 18.3. The van der Waals surface area contributed by atoms with Crippen LogP contribution in [-0.2, 0) is 6.54 Å². The molecule has 0 aliphatic heterocycles. The van der Waals surface area contributed by atoms with E-state index in [1.54, 1.807) is 37.5 Å². The number of carbonyl (C=O) groups is 1. The Kier molecular flexibility index (Phi) is 3.39. The van der Waals surface area contributed by atoms with Gasteiger partial charge in [0.25, 0.3) is 5.91 Å². The van der Waals surface area contributed by atoms with Gasteiger partial charge in [-0.1, -0.05) is 0 Å². The van der Waals surface area contributed by atoms with Crippen LogP contribution in [0.1, 0.15) is 21.8 Å². The maximum atomic E-state index is 13.2. The molecule has 0 aliphatic carbocycles. The van der Waals surface area contributed by atoms with E-state index in [0.717, 1.165) is 5.39 Å². The predicted octanol–water partition coefficient (Wildman–Crippen LogP) is 3.21. The summed E-state index contributed by atoms with van der Waals surface area (Å²) in [7, 11) is 0. The van der Waals surface area contributed by atoms with Crippen molar-refractivity contribution in [3.05, 3.63) is 65.5 Å². The van der Waals surface area contributed by atoms with Gasteiger partial charge in [0, 0.05) is 11.5 Å². The average molecular weight is 284 g/mol. The largest absolute Gasteiger partial charge is 0.467 e. The fraction of sp³-hybridized carbons (Fsp3) is 0.125. The summed E-state index contributed by atoms with van der Waals surface area (Å²) >= 11 is 0. The number of benzene rings is 1.